The van der Waals surface area contributed by atoms with E-state index in [0.29, 0.717) is 0 Å². The second-order valence-electron chi connectivity index (χ2n) is 10.5. The van der Waals surface area contributed by atoms with Crippen LogP contribution in [0.3, 0.4) is 0 Å². The number of nitrogens with zero attached hydrogens (tertiary/aromatic N) is 6. The average Bonchev–Trinajstić information content (AvgIpc) is 3.77. The second kappa shape index (κ2) is 10.2. The van der Waals surface area contributed by atoms with Crippen molar-refractivity contribution in [3.63, 3.8) is 0 Å². The number of pyridine rings is 2. The van der Waals surface area contributed by atoms with Gasteiger partial charge < -0.3 is 0 Å². The number of para-hydroxylation sites is 2. The maximum absolute atomic E-state index is 5.28. The van der Waals surface area contributed by atoms with E-state index in [1.165, 1.54) is 0 Å². The molecule has 0 bridgehead atoms. The van der Waals surface area contributed by atoms with Gasteiger partial charge in [0.2, 0.25) is 0 Å². The van der Waals surface area contributed by atoms with Gasteiger partial charge in [-0.15, -0.1) is 0 Å². The van der Waals surface area contributed by atoms with Crippen LogP contribution < -0.4 is 0 Å². The Morgan fingerprint density at radius 2 is 0.860 bits per heavy atom. The van der Waals surface area contributed by atoms with Crippen molar-refractivity contribution in [1.82, 2.24) is 29.5 Å². The zero-order valence-corrected chi connectivity index (χ0v) is 23.2. The Morgan fingerprint density at radius 3 is 1.33 bits per heavy atom. The van der Waals surface area contributed by atoms with E-state index >= 15 is 0 Å². The minimum absolute atomic E-state index is 0.797. The molecule has 0 fully saturated rings. The van der Waals surface area contributed by atoms with E-state index in [1.807, 2.05) is 70.5 Å². The van der Waals surface area contributed by atoms with E-state index in [9.17, 15) is 0 Å². The molecule has 0 aliphatic heterocycles. The molecule has 0 radical (unpaired) electrons. The van der Waals surface area contributed by atoms with Crippen LogP contribution in [0.25, 0.3) is 33.2 Å². The Bertz CT molecular complexity index is 2030. The molecule has 204 valence electrons. The molecule has 4 aromatic heterocycles. The first-order valence-electron chi connectivity index (χ1n) is 14.2. The van der Waals surface area contributed by atoms with Gasteiger partial charge in [0.15, 0.2) is 0 Å². The third kappa shape index (κ3) is 4.03. The van der Waals surface area contributed by atoms with Crippen LogP contribution in [0.4, 0.5) is 0 Å². The lowest BCUT2D eigenvalue weighted by atomic mass is 9.69. The third-order valence-electron chi connectivity index (χ3n) is 8.08. The van der Waals surface area contributed by atoms with Gasteiger partial charge in [0.1, 0.15) is 5.41 Å². The molecule has 0 unspecified atom stereocenters. The summed E-state index contributed by atoms with van der Waals surface area (Å²) < 4.78 is 3.85. The largest absolute Gasteiger partial charge is 0.254 e. The van der Waals surface area contributed by atoms with Crippen molar-refractivity contribution in [2.24, 2.45) is 0 Å². The van der Waals surface area contributed by atoms with Crippen LogP contribution in [-0.2, 0) is 5.41 Å². The molecule has 4 aromatic carbocycles. The quantitative estimate of drug-likeness (QED) is 0.213. The highest BCUT2D eigenvalue weighted by atomic mass is 15.3. The average molecular weight is 555 g/mol. The lowest BCUT2D eigenvalue weighted by molar-refractivity contribution is 0.655. The third-order valence-corrected chi connectivity index (χ3v) is 8.08. The lowest BCUT2D eigenvalue weighted by Gasteiger charge is -2.32. The van der Waals surface area contributed by atoms with Gasteiger partial charge in [-0.2, -0.15) is 10.2 Å². The smallest absolute Gasteiger partial charge is 0.108 e. The van der Waals surface area contributed by atoms with Gasteiger partial charge in [-0.1, -0.05) is 97.1 Å². The zero-order valence-electron chi connectivity index (χ0n) is 23.2. The SMILES string of the molecule is c1ccc(C(c2ccccc2)(c2ccn(-c3cccc4cccnc34)n2)c2ccn(-c3cccc4cccnc34)n2)cc1. The molecule has 6 nitrogen and oxygen atoms in total. The van der Waals surface area contributed by atoms with Crippen molar-refractivity contribution < 1.29 is 0 Å². The van der Waals surface area contributed by atoms with Crippen molar-refractivity contribution >= 4 is 21.8 Å². The predicted octanol–water partition coefficient (Wildman–Crippen LogP) is 7.54. The van der Waals surface area contributed by atoms with Gasteiger partial charge >= 0.3 is 0 Å². The molecule has 0 atom stereocenters. The van der Waals surface area contributed by atoms with E-state index in [1.54, 1.807) is 0 Å². The van der Waals surface area contributed by atoms with Crippen molar-refractivity contribution in [3.8, 4) is 11.4 Å². The van der Waals surface area contributed by atoms with Crippen molar-refractivity contribution in [3.05, 3.63) is 181 Å². The van der Waals surface area contributed by atoms with Crippen LogP contribution in [0.15, 0.2) is 158 Å². The summed E-state index contributed by atoms with van der Waals surface area (Å²) in [6, 6.07) is 45.6. The highest BCUT2D eigenvalue weighted by Crippen LogP contribution is 2.44. The van der Waals surface area contributed by atoms with Crippen LogP contribution >= 0.6 is 0 Å². The molecule has 8 rings (SSSR count). The van der Waals surface area contributed by atoms with Gasteiger partial charge in [-0.3, -0.25) is 9.97 Å². The van der Waals surface area contributed by atoms with E-state index in [-0.39, 0.29) is 0 Å². The van der Waals surface area contributed by atoms with Crippen LogP contribution in [0.5, 0.6) is 0 Å². The standard InChI is InChI=1S/C37H26N6/c1-3-15-29(16-4-1)37(30-17-5-2-6-18-30,33-21-25-42(40-33)31-19-7-11-27-13-9-23-38-35(27)31)34-22-26-43(41-34)32-20-8-12-28-14-10-24-39-36(28)32/h1-26H. The maximum atomic E-state index is 5.28. The van der Waals surface area contributed by atoms with Crippen molar-refractivity contribution in [2.45, 2.75) is 5.41 Å². The Labute approximate surface area is 248 Å². The summed E-state index contributed by atoms with van der Waals surface area (Å²) in [6.07, 6.45) is 7.68. The molecule has 8 aromatic rings. The van der Waals surface area contributed by atoms with Crippen LogP contribution in [0.2, 0.25) is 0 Å². The van der Waals surface area contributed by atoms with Crippen LogP contribution in [0, 0.1) is 0 Å². The predicted molar refractivity (Wildman–Crippen MR) is 170 cm³/mol. The zero-order chi connectivity index (χ0) is 28.6. The molecule has 0 spiro atoms. The molecular formula is C37H26N6. The first kappa shape index (κ1) is 24.9. The molecule has 0 saturated carbocycles. The molecule has 0 N–H and O–H groups in total. The normalized spacial score (nSPS) is 11.7. The maximum Gasteiger partial charge on any atom is 0.108 e. The molecule has 0 aliphatic carbocycles. The Morgan fingerprint density at radius 1 is 0.419 bits per heavy atom. The minimum Gasteiger partial charge on any atom is -0.254 e. The highest BCUT2D eigenvalue weighted by Gasteiger charge is 2.42. The van der Waals surface area contributed by atoms with Gasteiger partial charge in [-0.25, -0.2) is 9.36 Å². The van der Waals surface area contributed by atoms with Crippen molar-refractivity contribution in [1.29, 1.82) is 0 Å². The summed E-state index contributed by atoms with van der Waals surface area (Å²) in [6.45, 7) is 0. The summed E-state index contributed by atoms with van der Waals surface area (Å²) in [5.74, 6) is 0. The summed E-state index contributed by atoms with van der Waals surface area (Å²) in [5, 5.41) is 12.7. The first-order valence-corrected chi connectivity index (χ1v) is 14.2. The van der Waals surface area contributed by atoms with Crippen LogP contribution in [0.1, 0.15) is 22.5 Å². The van der Waals surface area contributed by atoms with E-state index in [0.717, 1.165) is 55.7 Å². The second-order valence-corrected chi connectivity index (χ2v) is 10.5. The summed E-state index contributed by atoms with van der Waals surface area (Å²) in [5.41, 5.74) is 6.72. The van der Waals surface area contributed by atoms with Gasteiger partial charge in [-0.05, 0) is 47.5 Å². The lowest BCUT2D eigenvalue weighted by Crippen LogP contribution is -2.32. The van der Waals surface area contributed by atoms with Gasteiger partial charge in [0, 0.05) is 35.6 Å². The number of rotatable bonds is 6. The molecule has 6 heteroatoms. The summed E-state index contributed by atoms with van der Waals surface area (Å²) >= 11 is 0. The van der Waals surface area contributed by atoms with Crippen molar-refractivity contribution in [2.75, 3.05) is 0 Å². The summed E-state index contributed by atoms with van der Waals surface area (Å²) in [7, 11) is 0. The van der Waals surface area contributed by atoms with Gasteiger partial charge in [0.05, 0.1) is 33.8 Å². The Hall–Kier alpha value is -5.88. The molecular weight excluding hydrogens is 528 g/mol. The highest BCUT2D eigenvalue weighted by molar-refractivity contribution is 5.87. The molecule has 4 heterocycles. The fourth-order valence-electron chi connectivity index (χ4n) is 6.13. The number of aromatic nitrogens is 6. The number of hydrogen-bond donors (Lipinski definition) is 0. The van der Waals surface area contributed by atoms with Crippen LogP contribution in [-0.4, -0.2) is 29.5 Å². The Balaban J connectivity index is 1.39. The Kier molecular flexibility index (Phi) is 5.90. The van der Waals surface area contributed by atoms with E-state index < -0.39 is 5.41 Å². The van der Waals surface area contributed by atoms with E-state index in [2.05, 4.69) is 107 Å². The topological polar surface area (TPSA) is 61.4 Å². The fourth-order valence-corrected chi connectivity index (χ4v) is 6.13. The minimum atomic E-state index is -0.797. The monoisotopic (exact) mass is 554 g/mol. The summed E-state index contributed by atoms with van der Waals surface area (Å²) in [4.78, 5) is 9.37. The molecule has 0 aliphatic rings. The fraction of sp³-hybridized carbons (Fsp3) is 0.0270. The first-order chi connectivity index (χ1) is 21.3. The number of benzene rings is 4. The van der Waals surface area contributed by atoms with Gasteiger partial charge in [0.25, 0.3) is 0 Å². The van der Waals surface area contributed by atoms with E-state index in [4.69, 9.17) is 10.2 Å². The number of hydrogen-bond acceptors (Lipinski definition) is 4. The molecule has 43 heavy (non-hydrogen) atoms. The number of fused-ring (bicyclic) bond motifs is 2. The molecule has 0 saturated heterocycles. The molecule has 0 amide bonds.